The average molecular weight is 383 g/mol. The molecule has 1 aromatic heterocycles. The van der Waals surface area contributed by atoms with Gasteiger partial charge in [0.15, 0.2) is 5.13 Å². The lowest BCUT2D eigenvalue weighted by atomic mass is 9.78. The van der Waals surface area contributed by atoms with Crippen molar-refractivity contribution >= 4 is 28.9 Å². The second-order valence-corrected chi connectivity index (χ2v) is 9.35. The van der Waals surface area contributed by atoms with Gasteiger partial charge in [-0.05, 0) is 23.0 Å². The van der Waals surface area contributed by atoms with Gasteiger partial charge >= 0.3 is 0 Å². The van der Waals surface area contributed by atoms with Crippen LogP contribution in [-0.4, -0.2) is 26.2 Å². The van der Waals surface area contributed by atoms with E-state index >= 15 is 0 Å². The number of methoxy groups -OCH3 is 1. The maximum atomic E-state index is 5.84. The number of halogens is 1. The van der Waals surface area contributed by atoms with Crippen LogP contribution in [0.4, 0.5) is 5.13 Å². The number of hydrogen-bond donors (Lipinski definition) is 0. The van der Waals surface area contributed by atoms with Crippen LogP contribution in [0.2, 0.25) is 0 Å². The van der Waals surface area contributed by atoms with E-state index < -0.39 is 0 Å². The number of anilines is 1. The minimum absolute atomic E-state index is 0. The largest absolute Gasteiger partial charge is 0.496 e. The number of benzene rings is 1. The minimum atomic E-state index is 0. The van der Waals surface area contributed by atoms with E-state index in [-0.39, 0.29) is 23.2 Å². The Morgan fingerprint density at radius 1 is 0.960 bits per heavy atom. The number of rotatable bonds is 3. The fraction of sp³-hybridized carbons (Fsp3) is 0.550. The van der Waals surface area contributed by atoms with Gasteiger partial charge in [0, 0.05) is 36.2 Å². The van der Waals surface area contributed by atoms with Crippen LogP contribution in [0.5, 0.6) is 5.75 Å². The summed E-state index contributed by atoms with van der Waals surface area (Å²) in [5, 5.41) is 3.16. The smallest absolute Gasteiger partial charge is 0.185 e. The predicted molar refractivity (Wildman–Crippen MR) is 113 cm³/mol. The molecule has 0 fully saturated rings. The van der Waals surface area contributed by atoms with E-state index in [1.807, 2.05) is 19.0 Å². The summed E-state index contributed by atoms with van der Waals surface area (Å²) in [6.45, 7) is 13.4. The third-order valence-electron chi connectivity index (χ3n) is 4.08. The third-order valence-corrected chi connectivity index (χ3v) is 5.09. The molecule has 0 saturated heterocycles. The average Bonchev–Trinajstić information content (AvgIpc) is 2.93. The van der Waals surface area contributed by atoms with E-state index in [0.29, 0.717) is 0 Å². The molecule has 3 nitrogen and oxygen atoms in total. The topological polar surface area (TPSA) is 25.4 Å². The zero-order valence-corrected chi connectivity index (χ0v) is 18.5. The second-order valence-electron chi connectivity index (χ2n) is 8.51. The molecular formula is C20H31ClN2OS. The quantitative estimate of drug-likeness (QED) is 0.660. The Labute approximate surface area is 162 Å². The molecule has 0 bridgehead atoms. The first-order valence-corrected chi connectivity index (χ1v) is 9.19. The van der Waals surface area contributed by atoms with Gasteiger partial charge in [-0.25, -0.2) is 4.98 Å². The van der Waals surface area contributed by atoms with E-state index in [1.54, 1.807) is 18.4 Å². The Hall–Kier alpha value is -1.26. The van der Waals surface area contributed by atoms with Gasteiger partial charge in [-0.2, -0.15) is 0 Å². The zero-order chi connectivity index (χ0) is 18.3. The number of nitrogens with zero attached hydrogens (tertiary/aromatic N) is 2. The fourth-order valence-electron chi connectivity index (χ4n) is 2.71. The van der Waals surface area contributed by atoms with Crippen LogP contribution >= 0.6 is 23.7 Å². The summed E-state index contributed by atoms with van der Waals surface area (Å²) >= 11 is 1.67. The Balaban J connectivity index is 0.00000312. The van der Waals surface area contributed by atoms with Crippen molar-refractivity contribution in [3.63, 3.8) is 0 Å². The van der Waals surface area contributed by atoms with Gasteiger partial charge in [0.2, 0.25) is 0 Å². The minimum Gasteiger partial charge on any atom is -0.496 e. The lowest BCUT2D eigenvalue weighted by molar-refractivity contribution is 0.381. The number of thiazole rings is 1. The predicted octanol–water partition coefficient (Wildman–Crippen LogP) is 5.90. The van der Waals surface area contributed by atoms with Gasteiger partial charge in [0.1, 0.15) is 5.75 Å². The van der Waals surface area contributed by atoms with Crippen molar-refractivity contribution in [1.29, 1.82) is 0 Å². The van der Waals surface area contributed by atoms with Crippen molar-refractivity contribution in [2.45, 2.75) is 52.4 Å². The molecule has 0 radical (unpaired) electrons. The lowest BCUT2D eigenvalue weighted by Gasteiger charge is -2.29. The highest BCUT2D eigenvalue weighted by molar-refractivity contribution is 7.14. The van der Waals surface area contributed by atoms with Gasteiger partial charge in [-0.15, -0.1) is 23.7 Å². The van der Waals surface area contributed by atoms with E-state index in [9.17, 15) is 0 Å². The summed E-state index contributed by atoms with van der Waals surface area (Å²) in [5.74, 6) is 1.00. The van der Waals surface area contributed by atoms with Crippen molar-refractivity contribution in [3.05, 3.63) is 28.6 Å². The monoisotopic (exact) mass is 382 g/mol. The number of ether oxygens (including phenoxy) is 1. The molecule has 1 aromatic carbocycles. The van der Waals surface area contributed by atoms with Gasteiger partial charge in [-0.3, -0.25) is 0 Å². The van der Waals surface area contributed by atoms with E-state index in [4.69, 9.17) is 9.72 Å². The first-order chi connectivity index (χ1) is 10.9. The molecule has 140 valence electrons. The Morgan fingerprint density at radius 2 is 1.44 bits per heavy atom. The van der Waals surface area contributed by atoms with Crippen LogP contribution < -0.4 is 9.64 Å². The molecule has 0 aliphatic heterocycles. The summed E-state index contributed by atoms with van der Waals surface area (Å²) in [7, 11) is 5.82. The van der Waals surface area contributed by atoms with Gasteiger partial charge < -0.3 is 9.64 Å². The van der Waals surface area contributed by atoms with Crippen molar-refractivity contribution in [2.24, 2.45) is 0 Å². The SMILES string of the molecule is COc1c(C(C)(C)C)cc(-c2csc(N(C)C)n2)cc1C(C)(C)C.Cl. The van der Waals surface area contributed by atoms with Crippen LogP contribution in [-0.2, 0) is 10.8 Å². The Morgan fingerprint density at radius 3 is 1.76 bits per heavy atom. The highest BCUT2D eigenvalue weighted by atomic mass is 35.5. The number of hydrogen-bond acceptors (Lipinski definition) is 4. The summed E-state index contributed by atoms with van der Waals surface area (Å²) < 4.78 is 5.84. The van der Waals surface area contributed by atoms with Crippen molar-refractivity contribution in [2.75, 3.05) is 26.1 Å². The molecule has 2 rings (SSSR count). The summed E-state index contributed by atoms with van der Waals surface area (Å²) in [4.78, 5) is 6.83. The zero-order valence-electron chi connectivity index (χ0n) is 16.9. The Bertz CT molecular complexity index is 689. The normalized spacial score (nSPS) is 11.9. The molecule has 1 heterocycles. The lowest BCUT2D eigenvalue weighted by Crippen LogP contribution is -2.19. The molecule has 0 aliphatic rings. The van der Waals surface area contributed by atoms with E-state index in [2.05, 4.69) is 59.1 Å². The summed E-state index contributed by atoms with van der Waals surface area (Å²) in [5.41, 5.74) is 4.65. The van der Waals surface area contributed by atoms with Crippen molar-refractivity contribution in [3.8, 4) is 17.0 Å². The summed E-state index contributed by atoms with van der Waals surface area (Å²) in [6.07, 6.45) is 0. The maximum Gasteiger partial charge on any atom is 0.185 e. The van der Waals surface area contributed by atoms with Crippen molar-refractivity contribution < 1.29 is 4.74 Å². The molecule has 0 aliphatic carbocycles. The van der Waals surface area contributed by atoms with E-state index in [1.165, 1.54) is 11.1 Å². The molecule has 5 heteroatoms. The highest BCUT2D eigenvalue weighted by Gasteiger charge is 2.28. The molecule has 0 atom stereocenters. The molecule has 0 saturated carbocycles. The van der Waals surface area contributed by atoms with Gasteiger partial charge in [0.05, 0.1) is 12.8 Å². The molecule has 0 amide bonds. The molecule has 0 spiro atoms. The molecule has 0 unspecified atom stereocenters. The molecular weight excluding hydrogens is 352 g/mol. The van der Waals surface area contributed by atoms with Crippen LogP contribution in [0.25, 0.3) is 11.3 Å². The standard InChI is InChI=1S/C20H30N2OS.ClH/c1-19(2,3)14-10-13(16-12-24-18(21-16)22(7)8)11-15(17(14)23-9)20(4,5)6;/h10-12H,1-9H3;1H. The molecule has 25 heavy (non-hydrogen) atoms. The van der Waals surface area contributed by atoms with E-state index in [0.717, 1.165) is 22.1 Å². The molecule has 2 aromatic rings. The number of aromatic nitrogens is 1. The van der Waals surface area contributed by atoms with Crippen LogP contribution in [0.15, 0.2) is 17.5 Å². The fourth-order valence-corrected chi connectivity index (χ4v) is 3.48. The van der Waals surface area contributed by atoms with Crippen LogP contribution in [0.3, 0.4) is 0 Å². The third kappa shape index (κ3) is 4.68. The second kappa shape index (κ2) is 7.55. The maximum absolute atomic E-state index is 5.84. The van der Waals surface area contributed by atoms with Gasteiger partial charge in [-0.1, -0.05) is 41.5 Å². The first kappa shape index (κ1) is 21.8. The highest BCUT2D eigenvalue weighted by Crippen LogP contribution is 2.42. The molecule has 0 N–H and O–H groups in total. The van der Waals surface area contributed by atoms with Crippen LogP contribution in [0, 0.1) is 0 Å². The van der Waals surface area contributed by atoms with Crippen LogP contribution in [0.1, 0.15) is 52.7 Å². The first-order valence-electron chi connectivity index (χ1n) is 8.31. The summed E-state index contributed by atoms with van der Waals surface area (Å²) in [6, 6.07) is 4.48. The van der Waals surface area contributed by atoms with Gasteiger partial charge in [0.25, 0.3) is 0 Å². The van der Waals surface area contributed by atoms with Crippen molar-refractivity contribution in [1.82, 2.24) is 4.98 Å². The Kier molecular flexibility index (Phi) is 6.57.